The summed E-state index contributed by atoms with van der Waals surface area (Å²) in [5.41, 5.74) is 0. The predicted octanol–water partition coefficient (Wildman–Crippen LogP) is 4.44. The van der Waals surface area contributed by atoms with Crippen molar-refractivity contribution >= 4 is 0 Å². The molecule has 0 amide bonds. The number of ether oxygens (including phenoxy) is 1. The van der Waals surface area contributed by atoms with E-state index >= 15 is 0 Å². The van der Waals surface area contributed by atoms with E-state index in [1.165, 1.54) is 44.9 Å². The monoisotopic (exact) mass is 279 g/mol. The smallest absolute Gasteiger partial charge is 0.129 e. The molecule has 3 nitrogen and oxygen atoms in total. The third-order valence-corrected chi connectivity index (χ3v) is 4.32. The molecule has 0 spiro atoms. The van der Waals surface area contributed by atoms with Crippen molar-refractivity contribution in [2.75, 3.05) is 13.7 Å². The quantitative estimate of drug-likeness (QED) is 0.836. The standard InChI is InChI=1S/C17H29NO2/c1-3-18-17(14-9-7-5-4-6-8-10-14)16-12-11-15(20-16)13-19-2/h11-12,14,17-18H,3-10,13H2,1-2H3. The van der Waals surface area contributed by atoms with Crippen LogP contribution >= 0.6 is 0 Å². The van der Waals surface area contributed by atoms with Crippen molar-refractivity contribution in [2.24, 2.45) is 5.92 Å². The van der Waals surface area contributed by atoms with Gasteiger partial charge in [0.15, 0.2) is 0 Å². The van der Waals surface area contributed by atoms with Gasteiger partial charge in [0.05, 0.1) is 6.04 Å². The van der Waals surface area contributed by atoms with Crippen molar-refractivity contribution in [3.8, 4) is 0 Å². The van der Waals surface area contributed by atoms with Crippen LogP contribution in [0.2, 0.25) is 0 Å². The van der Waals surface area contributed by atoms with Crippen LogP contribution in [-0.4, -0.2) is 13.7 Å². The molecule has 114 valence electrons. The Labute approximate surface area is 123 Å². The van der Waals surface area contributed by atoms with Gasteiger partial charge >= 0.3 is 0 Å². The van der Waals surface area contributed by atoms with E-state index in [9.17, 15) is 0 Å². The zero-order valence-electron chi connectivity index (χ0n) is 13.0. The first-order valence-electron chi connectivity index (χ1n) is 8.16. The van der Waals surface area contributed by atoms with Gasteiger partial charge in [0.25, 0.3) is 0 Å². The van der Waals surface area contributed by atoms with E-state index in [1.54, 1.807) is 7.11 Å². The van der Waals surface area contributed by atoms with Crippen molar-refractivity contribution in [1.82, 2.24) is 5.32 Å². The summed E-state index contributed by atoms with van der Waals surface area (Å²) < 4.78 is 11.1. The zero-order chi connectivity index (χ0) is 14.2. The Morgan fingerprint density at radius 2 is 1.90 bits per heavy atom. The minimum Gasteiger partial charge on any atom is -0.462 e. The van der Waals surface area contributed by atoms with Crippen LogP contribution < -0.4 is 5.32 Å². The molecule has 1 aliphatic carbocycles. The summed E-state index contributed by atoms with van der Waals surface area (Å²) in [6.07, 6.45) is 9.55. The molecule has 1 unspecified atom stereocenters. The van der Waals surface area contributed by atoms with Gasteiger partial charge in [-0.15, -0.1) is 0 Å². The molecule has 1 fully saturated rings. The van der Waals surface area contributed by atoms with Gasteiger partial charge in [0.1, 0.15) is 18.1 Å². The molecular weight excluding hydrogens is 250 g/mol. The Balaban J connectivity index is 2.06. The lowest BCUT2D eigenvalue weighted by atomic mass is 9.85. The van der Waals surface area contributed by atoms with Gasteiger partial charge in [0.2, 0.25) is 0 Å². The third-order valence-electron chi connectivity index (χ3n) is 4.32. The van der Waals surface area contributed by atoms with E-state index < -0.39 is 0 Å². The second-order valence-corrected chi connectivity index (χ2v) is 5.88. The molecule has 1 heterocycles. The minimum atomic E-state index is 0.365. The Hall–Kier alpha value is -0.800. The Morgan fingerprint density at radius 3 is 2.55 bits per heavy atom. The fourth-order valence-corrected chi connectivity index (χ4v) is 3.32. The minimum absolute atomic E-state index is 0.365. The van der Waals surface area contributed by atoms with Crippen molar-refractivity contribution in [3.05, 3.63) is 23.7 Å². The summed E-state index contributed by atoms with van der Waals surface area (Å²) in [4.78, 5) is 0. The highest BCUT2D eigenvalue weighted by molar-refractivity contribution is 5.11. The number of rotatable bonds is 6. The van der Waals surface area contributed by atoms with E-state index in [-0.39, 0.29) is 0 Å². The van der Waals surface area contributed by atoms with Crippen LogP contribution in [0.1, 0.15) is 69.4 Å². The average Bonchev–Trinajstić information content (AvgIpc) is 2.85. The van der Waals surface area contributed by atoms with Gasteiger partial charge in [-0.2, -0.15) is 0 Å². The highest BCUT2D eigenvalue weighted by Crippen LogP contribution is 2.33. The van der Waals surface area contributed by atoms with Crippen LogP contribution in [0.4, 0.5) is 0 Å². The van der Waals surface area contributed by atoms with Gasteiger partial charge < -0.3 is 14.5 Å². The summed E-state index contributed by atoms with van der Waals surface area (Å²) in [5, 5.41) is 3.64. The molecule has 1 N–H and O–H groups in total. The molecule has 1 aliphatic rings. The predicted molar refractivity (Wildman–Crippen MR) is 81.6 cm³/mol. The molecule has 0 aromatic carbocycles. The van der Waals surface area contributed by atoms with Crippen LogP contribution in [0.5, 0.6) is 0 Å². The summed E-state index contributed by atoms with van der Waals surface area (Å²) in [6, 6.07) is 4.54. The Bertz CT molecular complexity index is 367. The lowest BCUT2D eigenvalue weighted by molar-refractivity contribution is 0.158. The molecule has 0 aliphatic heterocycles. The highest BCUT2D eigenvalue weighted by Gasteiger charge is 2.25. The number of hydrogen-bond acceptors (Lipinski definition) is 3. The van der Waals surface area contributed by atoms with E-state index in [2.05, 4.69) is 18.3 Å². The van der Waals surface area contributed by atoms with Gasteiger partial charge in [-0.25, -0.2) is 0 Å². The molecule has 3 heteroatoms. The first kappa shape index (κ1) is 15.6. The lowest BCUT2D eigenvalue weighted by Crippen LogP contribution is -2.28. The molecule has 1 atom stereocenters. The van der Waals surface area contributed by atoms with Gasteiger partial charge in [-0.05, 0) is 37.4 Å². The lowest BCUT2D eigenvalue weighted by Gasteiger charge is -2.28. The second-order valence-electron chi connectivity index (χ2n) is 5.88. The van der Waals surface area contributed by atoms with Crippen molar-refractivity contribution in [1.29, 1.82) is 0 Å². The molecule has 0 saturated heterocycles. The molecule has 1 saturated carbocycles. The van der Waals surface area contributed by atoms with Crippen molar-refractivity contribution in [3.63, 3.8) is 0 Å². The van der Waals surface area contributed by atoms with Crippen LogP contribution in [0, 0.1) is 5.92 Å². The van der Waals surface area contributed by atoms with Gasteiger partial charge in [0, 0.05) is 7.11 Å². The molecule has 0 radical (unpaired) electrons. The van der Waals surface area contributed by atoms with Gasteiger partial charge in [-0.3, -0.25) is 0 Å². The van der Waals surface area contributed by atoms with E-state index in [0.717, 1.165) is 18.1 Å². The first-order chi connectivity index (χ1) is 9.85. The summed E-state index contributed by atoms with van der Waals surface area (Å²) >= 11 is 0. The molecular formula is C17H29NO2. The highest BCUT2D eigenvalue weighted by atomic mass is 16.5. The van der Waals surface area contributed by atoms with E-state index in [4.69, 9.17) is 9.15 Å². The maximum absolute atomic E-state index is 5.98. The normalized spacial score (nSPS) is 19.5. The first-order valence-corrected chi connectivity index (χ1v) is 8.16. The van der Waals surface area contributed by atoms with Crippen LogP contribution in [0.25, 0.3) is 0 Å². The molecule has 20 heavy (non-hydrogen) atoms. The van der Waals surface area contributed by atoms with Crippen molar-refractivity contribution < 1.29 is 9.15 Å². The Morgan fingerprint density at radius 1 is 1.20 bits per heavy atom. The average molecular weight is 279 g/mol. The van der Waals surface area contributed by atoms with E-state index in [0.29, 0.717) is 18.6 Å². The fourth-order valence-electron chi connectivity index (χ4n) is 3.32. The fraction of sp³-hybridized carbons (Fsp3) is 0.765. The SMILES string of the molecule is CCNC(c1ccc(COC)o1)C1CCCCCCC1. The maximum Gasteiger partial charge on any atom is 0.129 e. The number of methoxy groups -OCH3 is 1. The second kappa shape index (κ2) is 8.48. The molecule has 1 aromatic heterocycles. The van der Waals surface area contributed by atoms with E-state index in [1.807, 2.05) is 6.07 Å². The number of nitrogens with one attached hydrogen (secondary N) is 1. The Kier molecular flexibility index (Phi) is 6.61. The summed E-state index contributed by atoms with van der Waals surface area (Å²) in [6.45, 7) is 3.72. The van der Waals surface area contributed by atoms with Gasteiger partial charge in [-0.1, -0.05) is 39.0 Å². The number of furan rings is 1. The summed E-state index contributed by atoms with van der Waals surface area (Å²) in [7, 11) is 1.71. The van der Waals surface area contributed by atoms with Crippen LogP contribution in [0.3, 0.4) is 0 Å². The van der Waals surface area contributed by atoms with Crippen LogP contribution in [0.15, 0.2) is 16.5 Å². The zero-order valence-corrected chi connectivity index (χ0v) is 13.0. The maximum atomic E-state index is 5.98. The molecule has 1 aromatic rings. The van der Waals surface area contributed by atoms with Crippen molar-refractivity contribution in [2.45, 2.75) is 64.5 Å². The topological polar surface area (TPSA) is 34.4 Å². The molecule has 0 bridgehead atoms. The third kappa shape index (κ3) is 4.35. The van der Waals surface area contributed by atoms with Crippen LogP contribution in [-0.2, 0) is 11.3 Å². The number of hydrogen-bond donors (Lipinski definition) is 1. The summed E-state index contributed by atoms with van der Waals surface area (Å²) in [5.74, 6) is 2.72. The molecule has 2 rings (SSSR count). The largest absolute Gasteiger partial charge is 0.462 e.